The van der Waals surface area contributed by atoms with Gasteiger partial charge in [0, 0.05) is 5.69 Å². The number of benzene rings is 2. The van der Waals surface area contributed by atoms with Crippen LogP contribution in [0.4, 0.5) is 17.1 Å². The Morgan fingerprint density at radius 2 is 1.72 bits per heavy atom. The summed E-state index contributed by atoms with van der Waals surface area (Å²) >= 11 is 0. The first-order valence-corrected chi connectivity index (χ1v) is 9.35. The number of amides is 1. The van der Waals surface area contributed by atoms with Crippen LogP contribution in [-0.4, -0.2) is 23.5 Å². The van der Waals surface area contributed by atoms with Crippen molar-refractivity contribution in [2.75, 3.05) is 17.2 Å². The van der Waals surface area contributed by atoms with Gasteiger partial charge in [-0.2, -0.15) is 0 Å². The second-order valence-corrected chi connectivity index (χ2v) is 6.58. The first-order valence-electron chi connectivity index (χ1n) is 9.35. The van der Waals surface area contributed by atoms with Crippen LogP contribution >= 0.6 is 0 Å². The normalized spacial score (nSPS) is 10.3. The van der Waals surface area contributed by atoms with E-state index in [0.29, 0.717) is 11.3 Å². The van der Waals surface area contributed by atoms with E-state index in [0.717, 1.165) is 11.4 Å². The average molecular weight is 389 g/mol. The Balaban J connectivity index is 1.71. The highest BCUT2D eigenvalue weighted by molar-refractivity contribution is 6.07. The van der Waals surface area contributed by atoms with Crippen LogP contribution in [0.15, 0.2) is 60.8 Å². The lowest BCUT2D eigenvalue weighted by Gasteiger charge is -2.11. The molecule has 1 amide bonds. The zero-order valence-corrected chi connectivity index (χ0v) is 16.7. The van der Waals surface area contributed by atoms with Gasteiger partial charge in [-0.3, -0.25) is 4.79 Å². The molecule has 0 aliphatic carbocycles. The number of hydrogen-bond acceptors (Lipinski definition) is 5. The van der Waals surface area contributed by atoms with Crippen molar-refractivity contribution >= 4 is 28.9 Å². The average Bonchev–Trinajstić information content (AvgIpc) is 2.72. The van der Waals surface area contributed by atoms with E-state index in [4.69, 9.17) is 4.74 Å². The number of carbonyl (C=O) groups is 2. The fourth-order valence-electron chi connectivity index (χ4n) is 2.75. The Hall–Kier alpha value is -3.67. The molecule has 0 unspecified atom stereocenters. The Bertz CT molecular complexity index is 1030. The van der Waals surface area contributed by atoms with Gasteiger partial charge in [-0.15, -0.1) is 0 Å². The first kappa shape index (κ1) is 20.1. The Morgan fingerprint density at radius 3 is 2.41 bits per heavy atom. The van der Waals surface area contributed by atoms with Crippen LogP contribution in [0.5, 0.6) is 0 Å². The fraction of sp³-hybridized carbons (Fsp3) is 0.174. The van der Waals surface area contributed by atoms with E-state index in [1.54, 1.807) is 49.5 Å². The summed E-state index contributed by atoms with van der Waals surface area (Å²) < 4.78 is 5.03. The minimum Gasteiger partial charge on any atom is -0.462 e. The van der Waals surface area contributed by atoms with Gasteiger partial charge in [0.1, 0.15) is 5.69 Å². The van der Waals surface area contributed by atoms with Gasteiger partial charge in [0.05, 0.1) is 29.7 Å². The van der Waals surface area contributed by atoms with Gasteiger partial charge in [0.2, 0.25) is 0 Å². The summed E-state index contributed by atoms with van der Waals surface area (Å²) in [5, 5.41) is 6.00. The molecule has 29 heavy (non-hydrogen) atoms. The van der Waals surface area contributed by atoms with E-state index in [1.165, 1.54) is 11.1 Å². The molecule has 0 fully saturated rings. The number of carbonyl (C=O) groups excluding carboxylic acids is 2. The number of pyridine rings is 1. The molecule has 3 aromatic rings. The maximum Gasteiger partial charge on any atom is 0.340 e. The van der Waals surface area contributed by atoms with Crippen molar-refractivity contribution in [2.24, 2.45) is 0 Å². The number of esters is 1. The number of anilines is 3. The number of nitrogens with zero attached hydrogens (tertiary/aromatic N) is 1. The molecule has 3 rings (SSSR count). The predicted octanol–water partition coefficient (Wildman–Crippen LogP) is 4.87. The third-order valence-corrected chi connectivity index (χ3v) is 4.46. The fourth-order valence-corrected chi connectivity index (χ4v) is 2.75. The highest BCUT2D eigenvalue weighted by Crippen LogP contribution is 2.20. The number of ether oxygens (including phenoxy) is 1. The molecule has 1 heterocycles. The number of aryl methyl sites for hydroxylation is 2. The summed E-state index contributed by atoms with van der Waals surface area (Å²) in [5.74, 6) is -0.885. The first-order chi connectivity index (χ1) is 14.0. The number of hydrogen-bond donors (Lipinski definition) is 2. The minimum atomic E-state index is -0.482. The zero-order valence-electron chi connectivity index (χ0n) is 16.7. The van der Waals surface area contributed by atoms with Gasteiger partial charge in [-0.25, -0.2) is 9.78 Å². The van der Waals surface area contributed by atoms with E-state index in [1.807, 2.05) is 12.1 Å². The van der Waals surface area contributed by atoms with E-state index >= 15 is 0 Å². The maximum absolute atomic E-state index is 12.6. The third kappa shape index (κ3) is 4.99. The summed E-state index contributed by atoms with van der Waals surface area (Å²) in [6, 6.07) is 16.2. The summed E-state index contributed by atoms with van der Waals surface area (Å²) in [7, 11) is 0. The van der Waals surface area contributed by atoms with Gasteiger partial charge in [0.25, 0.3) is 5.91 Å². The van der Waals surface area contributed by atoms with Gasteiger partial charge in [0.15, 0.2) is 0 Å². The molecule has 0 aliphatic heterocycles. The van der Waals surface area contributed by atoms with Crippen LogP contribution in [0.3, 0.4) is 0 Å². The van der Waals surface area contributed by atoms with Crippen molar-refractivity contribution in [3.05, 3.63) is 83.2 Å². The van der Waals surface area contributed by atoms with E-state index in [2.05, 4.69) is 35.5 Å². The Kier molecular flexibility index (Phi) is 6.24. The number of rotatable bonds is 6. The quantitative estimate of drug-likeness (QED) is 0.588. The second-order valence-electron chi connectivity index (χ2n) is 6.58. The van der Waals surface area contributed by atoms with Crippen LogP contribution in [0.1, 0.15) is 38.9 Å². The molecule has 0 saturated heterocycles. The lowest BCUT2D eigenvalue weighted by atomic mass is 10.1. The third-order valence-electron chi connectivity index (χ3n) is 4.46. The van der Waals surface area contributed by atoms with Gasteiger partial charge >= 0.3 is 5.97 Å². The smallest absolute Gasteiger partial charge is 0.340 e. The van der Waals surface area contributed by atoms with Crippen LogP contribution in [0.2, 0.25) is 0 Å². The van der Waals surface area contributed by atoms with Gasteiger partial charge in [-0.1, -0.05) is 18.2 Å². The molecule has 2 N–H and O–H groups in total. The summed E-state index contributed by atoms with van der Waals surface area (Å²) in [5.41, 5.74) is 5.08. The SMILES string of the molecule is CCOC(=O)c1ccccc1NC(=O)c1ccc(Nc2ccc(C)c(C)c2)cn1. The molecule has 6 nitrogen and oxygen atoms in total. The summed E-state index contributed by atoms with van der Waals surface area (Å²) in [6.07, 6.45) is 1.60. The summed E-state index contributed by atoms with van der Waals surface area (Å²) in [4.78, 5) is 28.8. The topological polar surface area (TPSA) is 80.3 Å². The van der Waals surface area contributed by atoms with Crippen molar-refractivity contribution < 1.29 is 14.3 Å². The number of aromatic nitrogens is 1. The lowest BCUT2D eigenvalue weighted by molar-refractivity contribution is 0.0527. The number of nitrogens with one attached hydrogen (secondary N) is 2. The molecule has 0 spiro atoms. The van der Waals surface area contributed by atoms with E-state index < -0.39 is 11.9 Å². The molecule has 1 aromatic heterocycles. The molecule has 0 atom stereocenters. The molecule has 148 valence electrons. The summed E-state index contributed by atoms with van der Waals surface area (Å²) in [6.45, 7) is 6.11. The van der Waals surface area contributed by atoms with Gasteiger partial charge in [-0.05, 0) is 68.3 Å². The van der Waals surface area contributed by atoms with E-state index in [9.17, 15) is 9.59 Å². The standard InChI is InChI=1S/C23H23N3O3/c1-4-29-23(28)19-7-5-6-8-20(19)26-22(27)21-12-11-18(14-24-21)25-17-10-9-15(2)16(3)13-17/h5-14,25H,4H2,1-3H3,(H,26,27). The lowest BCUT2D eigenvalue weighted by Crippen LogP contribution is -2.17. The molecule has 0 saturated carbocycles. The molecule has 0 aliphatic rings. The van der Waals surface area contributed by atoms with Gasteiger partial charge < -0.3 is 15.4 Å². The van der Waals surface area contributed by atoms with Crippen molar-refractivity contribution in [1.82, 2.24) is 4.98 Å². The molecular formula is C23H23N3O3. The highest BCUT2D eigenvalue weighted by atomic mass is 16.5. The van der Waals surface area contributed by atoms with Crippen LogP contribution in [0, 0.1) is 13.8 Å². The van der Waals surface area contributed by atoms with Crippen molar-refractivity contribution in [2.45, 2.75) is 20.8 Å². The van der Waals surface area contributed by atoms with Crippen molar-refractivity contribution in [3.8, 4) is 0 Å². The highest BCUT2D eigenvalue weighted by Gasteiger charge is 2.15. The zero-order chi connectivity index (χ0) is 20.8. The monoisotopic (exact) mass is 389 g/mol. The minimum absolute atomic E-state index is 0.245. The maximum atomic E-state index is 12.6. The molecule has 6 heteroatoms. The Morgan fingerprint density at radius 1 is 0.966 bits per heavy atom. The second kappa shape index (κ2) is 9.01. The largest absolute Gasteiger partial charge is 0.462 e. The van der Waals surface area contributed by atoms with Crippen molar-refractivity contribution in [1.29, 1.82) is 0 Å². The van der Waals surface area contributed by atoms with Crippen LogP contribution in [-0.2, 0) is 4.74 Å². The van der Waals surface area contributed by atoms with Crippen LogP contribution in [0.25, 0.3) is 0 Å². The molecule has 0 bridgehead atoms. The molecular weight excluding hydrogens is 366 g/mol. The predicted molar refractivity (Wildman–Crippen MR) is 114 cm³/mol. The molecule has 0 radical (unpaired) electrons. The van der Waals surface area contributed by atoms with E-state index in [-0.39, 0.29) is 12.3 Å². The number of para-hydroxylation sites is 1. The Labute approximate surface area is 169 Å². The molecule has 2 aromatic carbocycles. The van der Waals surface area contributed by atoms with Crippen molar-refractivity contribution in [3.63, 3.8) is 0 Å². The van der Waals surface area contributed by atoms with Crippen LogP contribution < -0.4 is 10.6 Å².